The number of nitrogens with one attached hydrogen (secondary N) is 1. The Labute approximate surface area is 157 Å². The van der Waals surface area contributed by atoms with Gasteiger partial charge in [-0.3, -0.25) is 14.2 Å². The van der Waals surface area contributed by atoms with E-state index in [4.69, 9.17) is 4.42 Å². The lowest BCUT2D eigenvalue weighted by Gasteiger charge is -2.32. The van der Waals surface area contributed by atoms with Gasteiger partial charge in [0.1, 0.15) is 17.6 Å². The van der Waals surface area contributed by atoms with Crippen LogP contribution < -0.4 is 10.9 Å². The molecule has 2 aromatic heterocycles. The number of carbonyl (C=O) groups excluding carboxylic acids is 1. The highest BCUT2D eigenvalue weighted by Gasteiger charge is 2.21. The first-order chi connectivity index (χ1) is 13.2. The van der Waals surface area contributed by atoms with Crippen LogP contribution >= 0.6 is 0 Å². The van der Waals surface area contributed by atoms with Gasteiger partial charge in [-0.05, 0) is 37.9 Å². The van der Waals surface area contributed by atoms with Crippen LogP contribution in [-0.4, -0.2) is 46.0 Å². The van der Waals surface area contributed by atoms with Crippen molar-refractivity contribution in [3.8, 4) is 0 Å². The van der Waals surface area contributed by atoms with Gasteiger partial charge in [-0.1, -0.05) is 19.1 Å². The Morgan fingerprint density at radius 2 is 2.07 bits per heavy atom. The topological polar surface area (TPSA) is 80.4 Å². The fourth-order valence-corrected chi connectivity index (χ4v) is 3.77. The summed E-state index contributed by atoms with van der Waals surface area (Å²) in [6.07, 6.45) is 4.47. The van der Waals surface area contributed by atoms with Crippen molar-refractivity contribution >= 4 is 28.0 Å². The summed E-state index contributed by atoms with van der Waals surface area (Å²) in [5, 5.41) is 3.85. The van der Waals surface area contributed by atoms with Crippen molar-refractivity contribution in [3.63, 3.8) is 0 Å². The molecule has 1 saturated heterocycles. The average Bonchev–Trinajstić information content (AvgIpc) is 3.05. The van der Waals surface area contributed by atoms with Crippen molar-refractivity contribution < 1.29 is 9.21 Å². The van der Waals surface area contributed by atoms with E-state index in [0.29, 0.717) is 11.1 Å². The maximum absolute atomic E-state index is 12.7. The molecule has 4 rings (SSSR count). The van der Waals surface area contributed by atoms with Crippen LogP contribution in [0.3, 0.4) is 0 Å². The number of fused-ring (bicyclic) bond motifs is 3. The van der Waals surface area contributed by atoms with E-state index >= 15 is 0 Å². The number of rotatable bonds is 5. The number of piperidine rings is 1. The number of amides is 1. The van der Waals surface area contributed by atoms with E-state index in [9.17, 15) is 9.59 Å². The summed E-state index contributed by atoms with van der Waals surface area (Å²) in [7, 11) is 0. The first-order valence-corrected chi connectivity index (χ1v) is 9.54. The number of hydrogen-bond donors (Lipinski definition) is 1. The van der Waals surface area contributed by atoms with Crippen molar-refractivity contribution in [2.75, 3.05) is 19.6 Å². The third kappa shape index (κ3) is 3.60. The summed E-state index contributed by atoms with van der Waals surface area (Å²) in [6, 6.07) is 7.57. The molecule has 3 aromatic rings. The quantitative estimate of drug-likeness (QED) is 0.746. The maximum atomic E-state index is 12.7. The van der Waals surface area contributed by atoms with Crippen LogP contribution in [0.15, 0.2) is 39.8 Å². The van der Waals surface area contributed by atoms with Crippen molar-refractivity contribution in [3.05, 3.63) is 40.9 Å². The number of para-hydroxylation sites is 1. The number of carbonyl (C=O) groups is 1. The molecule has 142 valence electrons. The van der Waals surface area contributed by atoms with Crippen LogP contribution in [0.25, 0.3) is 22.1 Å². The molecule has 0 bridgehead atoms. The van der Waals surface area contributed by atoms with Gasteiger partial charge in [0.25, 0.3) is 5.56 Å². The largest absolute Gasteiger partial charge is 0.448 e. The van der Waals surface area contributed by atoms with Gasteiger partial charge in [0, 0.05) is 24.5 Å². The highest BCUT2D eigenvalue weighted by atomic mass is 16.3. The Morgan fingerprint density at radius 1 is 1.30 bits per heavy atom. The predicted molar refractivity (Wildman–Crippen MR) is 104 cm³/mol. The molecule has 3 heterocycles. The molecule has 0 spiro atoms. The average molecular weight is 368 g/mol. The Kier molecular flexibility index (Phi) is 4.94. The van der Waals surface area contributed by atoms with Gasteiger partial charge in [0.05, 0.1) is 6.33 Å². The van der Waals surface area contributed by atoms with Gasteiger partial charge >= 0.3 is 0 Å². The van der Waals surface area contributed by atoms with Crippen LogP contribution in [0, 0.1) is 0 Å². The highest BCUT2D eigenvalue weighted by molar-refractivity contribution is 6.01. The minimum absolute atomic E-state index is 0.0476. The number of likely N-dealkylation sites (tertiary alicyclic amines) is 1. The first kappa shape index (κ1) is 17.7. The van der Waals surface area contributed by atoms with Gasteiger partial charge in [-0.25, -0.2) is 4.98 Å². The highest BCUT2D eigenvalue weighted by Crippen LogP contribution is 2.24. The number of nitrogens with zero attached hydrogens (tertiary/aromatic N) is 3. The molecule has 1 N–H and O–H groups in total. The number of furan rings is 1. The van der Waals surface area contributed by atoms with Gasteiger partial charge < -0.3 is 14.6 Å². The molecule has 1 fully saturated rings. The second-order valence-corrected chi connectivity index (χ2v) is 7.14. The molecule has 27 heavy (non-hydrogen) atoms. The second kappa shape index (κ2) is 7.52. The lowest BCUT2D eigenvalue weighted by molar-refractivity contribution is -0.122. The summed E-state index contributed by atoms with van der Waals surface area (Å²) >= 11 is 0. The molecular weight excluding hydrogens is 344 g/mol. The van der Waals surface area contributed by atoms with Crippen molar-refractivity contribution in [1.29, 1.82) is 0 Å². The van der Waals surface area contributed by atoms with E-state index in [2.05, 4.69) is 22.1 Å². The molecule has 1 aliphatic heterocycles. The van der Waals surface area contributed by atoms with E-state index < -0.39 is 0 Å². The van der Waals surface area contributed by atoms with Gasteiger partial charge in [-0.2, -0.15) is 0 Å². The van der Waals surface area contributed by atoms with Gasteiger partial charge in [0.2, 0.25) is 11.5 Å². The molecule has 0 unspecified atom stereocenters. The Bertz CT molecular complexity index is 1010. The van der Waals surface area contributed by atoms with Gasteiger partial charge in [-0.15, -0.1) is 0 Å². The van der Waals surface area contributed by atoms with Crippen LogP contribution in [0.1, 0.15) is 26.2 Å². The summed E-state index contributed by atoms with van der Waals surface area (Å²) in [5.41, 5.74) is 1.03. The lowest BCUT2D eigenvalue weighted by Crippen LogP contribution is -2.46. The Balaban J connectivity index is 1.45. The lowest BCUT2D eigenvalue weighted by atomic mass is 10.0. The van der Waals surface area contributed by atoms with Crippen molar-refractivity contribution in [1.82, 2.24) is 19.8 Å². The third-order valence-corrected chi connectivity index (χ3v) is 5.16. The van der Waals surface area contributed by atoms with E-state index in [1.165, 1.54) is 10.9 Å². The predicted octanol–water partition coefficient (Wildman–Crippen LogP) is 2.13. The number of benzene rings is 1. The minimum Gasteiger partial charge on any atom is -0.448 e. The van der Waals surface area contributed by atoms with Crippen LogP contribution in [0.5, 0.6) is 0 Å². The third-order valence-electron chi connectivity index (χ3n) is 5.16. The normalized spacial score (nSPS) is 16.2. The maximum Gasteiger partial charge on any atom is 0.297 e. The van der Waals surface area contributed by atoms with Crippen LogP contribution in [-0.2, 0) is 11.3 Å². The molecule has 7 nitrogen and oxygen atoms in total. The van der Waals surface area contributed by atoms with Crippen molar-refractivity contribution in [2.45, 2.75) is 38.8 Å². The van der Waals surface area contributed by atoms with E-state index in [1.807, 2.05) is 18.2 Å². The summed E-state index contributed by atoms with van der Waals surface area (Å²) in [4.78, 5) is 31.9. The molecule has 1 aromatic carbocycles. The molecule has 7 heteroatoms. The Hall–Kier alpha value is -2.67. The molecule has 0 radical (unpaired) electrons. The second-order valence-electron chi connectivity index (χ2n) is 7.14. The fourth-order valence-electron chi connectivity index (χ4n) is 3.77. The molecule has 1 amide bonds. The number of aromatic nitrogens is 2. The van der Waals surface area contributed by atoms with E-state index in [1.54, 1.807) is 6.07 Å². The summed E-state index contributed by atoms with van der Waals surface area (Å²) in [6.45, 7) is 5.25. The SMILES string of the molecule is CCCN1CCC(NC(=O)Cn2cnc3c(oc4ccccc43)c2=O)CC1. The first-order valence-electron chi connectivity index (χ1n) is 9.54. The molecule has 0 saturated carbocycles. The standard InChI is InChI=1S/C20H24N4O3/c1-2-9-23-10-7-14(8-11-23)22-17(25)12-24-13-21-18-15-5-3-4-6-16(15)27-19(18)20(24)26/h3-6,13-14H,2,7-12H2,1H3,(H,22,25). The zero-order valence-electron chi connectivity index (χ0n) is 15.5. The van der Waals surface area contributed by atoms with Crippen LogP contribution in [0.4, 0.5) is 0 Å². The van der Waals surface area contributed by atoms with Gasteiger partial charge in [0.15, 0.2) is 0 Å². The van der Waals surface area contributed by atoms with E-state index in [-0.39, 0.29) is 29.6 Å². The minimum atomic E-state index is -0.330. The summed E-state index contributed by atoms with van der Waals surface area (Å²) in [5.74, 6) is -0.164. The monoisotopic (exact) mass is 368 g/mol. The molecule has 0 aliphatic carbocycles. The number of hydrogen-bond acceptors (Lipinski definition) is 5. The molecule has 1 aliphatic rings. The molecule has 0 atom stereocenters. The van der Waals surface area contributed by atoms with Crippen LogP contribution in [0.2, 0.25) is 0 Å². The zero-order valence-corrected chi connectivity index (χ0v) is 15.5. The smallest absolute Gasteiger partial charge is 0.297 e. The Morgan fingerprint density at radius 3 is 2.85 bits per heavy atom. The van der Waals surface area contributed by atoms with E-state index in [0.717, 1.165) is 44.3 Å². The zero-order chi connectivity index (χ0) is 18.8. The molecular formula is C20H24N4O3. The van der Waals surface area contributed by atoms with Crippen molar-refractivity contribution in [2.24, 2.45) is 0 Å². The fraction of sp³-hybridized carbons (Fsp3) is 0.450. The summed E-state index contributed by atoms with van der Waals surface area (Å²) < 4.78 is 6.97.